The predicted molar refractivity (Wildman–Crippen MR) is 102 cm³/mol. The molecule has 7 heteroatoms. The number of benzene rings is 2. The van der Waals surface area contributed by atoms with Gasteiger partial charge in [-0.3, -0.25) is 4.79 Å². The summed E-state index contributed by atoms with van der Waals surface area (Å²) in [6.45, 7) is 2.58. The molecule has 3 rings (SSSR count). The molecule has 0 spiro atoms. The van der Waals surface area contributed by atoms with Gasteiger partial charge < -0.3 is 19.5 Å². The molecule has 1 aliphatic heterocycles. The van der Waals surface area contributed by atoms with Crippen molar-refractivity contribution in [1.29, 1.82) is 0 Å². The van der Waals surface area contributed by atoms with Gasteiger partial charge in [0.25, 0.3) is 5.91 Å². The second kappa shape index (κ2) is 9.03. The minimum absolute atomic E-state index is 0.0261. The first-order valence-corrected chi connectivity index (χ1v) is 8.86. The first-order valence-electron chi connectivity index (χ1n) is 8.86. The molecule has 1 amide bonds. The molecule has 6 nitrogen and oxygen atoms in total. The lowest BCUT2D eigenvalue weighted by Crippen LogP contribution is -2.29. The second-order valence-corrected chi connectivity index (χ2v) is 6.14. The Hall–Kier alpha value is -3.35. The fourth-order valence-electron chi connectivity index (χ4n) is 2.51. The minimum Gasteiger partial charge on any atom is -0.490 e. The maximum Gasteiger partial charge on any atom is 0.331 e. The van der Waals surface area contributed by atoms with Crippen molar-refractivity contribution in [3.8, 4) is 11.5 Å². The first kappa shape index (κ1) is 19.4. The molecule has 0 radical (unpaired) electrons. The van der Waals surface area contributed by atoms with Crippen LogP contribution in [0.1, 0.15) is 18.9 Å². The highest BCUT2D eigenvalue weighted by molar-refractivity contribution is 5.96. The maximum absolute atomic E-state index is 13.6. The van der Waals surface area contributed by atoms with E-state index in [1.54, 1.807) is 30.3 Å². The molecule has 1 N–H and O–H groups in total. The van der Waals surface area contributed by atoms with Gasteiger partial charge in [-0.25, -0.2) is 9.18 Å². The van der Waals surface area contributed by atoms with Crippen molar-refractivity contribution in [1.82, 2.24) is 0 Å². The number of fused-ring (bicyclic) bond motifs is 1. The largest absolute Gasteiger partial charge is 0.490 e. The number of ether oxygens (including phenoxy) is 3. The number of carbonyl (C=O) groups is 2. The van der Waals surface area contributed by atoms with Crippen molar-refractivity contribution < 1.29 is 28.2 Å². The van der Waals surface area contributed by atoms with E-state index in [0.717, 1.165) is 12.0 Å². The molecular weight excluding hydrogens is 365 g/mol. The second-order valence-electron chi connectivity index (χ2n) is 6.14. The zero-order valence-corrected chi connectivity index (χ0v) is 15.3. The lowest BCUT2D eigenvalue weighted by atomic mass is 10.2. The number of hydrogen-bond donors (Lipinski definition) is 1. The number of para-hydroxylation sites is 1. The summed E-state index contributed by atoms with van der Waals surface area (Å²) in [7, 11) is 0. The van der Waals surface area contributed by atoms with Crippen LogP contribution in [0, 0.1) is 5.82 Å². The topological polar surface area (TPSA) is 73.9 Å². The summed E-state index contributed by atoms with van der Waals surface area (Å²) in [6.07, 6.45) is 2.49. The summed E-state index contributed by atoms with van der Waals surface area (Å²) >= 11 is 0. The average molecular weight is 385 g/mol. The predicted octanol–water partition coefficient (Wildman–Crippen LogP) is 3.57. The van der Waals surface area contributed by atoms with E-state index >= 15 is 0 Å². The van der Waals surface area contributed by atoms with Crippen LogP contribution in [0.3, 0.4) is 0 Å². The Morgan fingerprint density at radius 2 is 1.89 bits per heavy atom. The Morgan fingerprint density at radius 3 is 2.68 bits per heavy atom. The Morgan fingerprint density at radius 1 is 1.14 bits per heavy atom. The Balaban J connectivity index is 1.56. The number of anilines is 1. The van der Waals surface area contributed by atoms with Crippen LogP contribution >= 0.6 is 0 Å². The van der Waals surface area contributed by atoms with Gasteiger partial charge in [0.2, 0.25) is 0 Å². The fourth-order valence-corrected chi connectivity index (χ4v) is 2.51. The van der Waals surface area contributed by atoms with Gasteiger partial charge in [-0.15, -0.1) is 0 Å². The third kappa shape index (κ3) is 5.09. The van der Waals surface area contributed by atoms with E-state index in [1.807, 2.05) is 0 Å². The number of rotatable bonds is 5. The molecule has 28 heavy (non-hydrogen) atoms. The average Bonchev–Trinajstić information content (AvgIpc) is 2.93. The van der Waals surface area contributed by atoms with Crippen LogP contribution in [-0.4, -0.2) is 31.2 Å². The van der Waals surface area contributed by atoms with E-state index in [9.17, 15) is 14.0 Å². The summed E-state index contributed by atoms with van der Waals surface area (Å²) in [6, 6.07) is 11.1. The maximum atomic E-state index is 13.6. The minimum atomic E-state index is -1.08. The van der Waals surface area contributed by atoms with Crippen LogP contribution < -0.4 is 14.8 Å². The number of esters is 1. The number of hydrogen-bond acceptors (Lipinski definition) is 5. The Kier molecular flexibility index (Phi) is 6.26. The molecular formula is C21H20FNO5. The molecule has 0 saturated heterocycles. The van der Waals surface area contributed by atoms with Gasteiger partial charge in [0.15, 0.2) is 17.6 Å². The zero-order chi connectivity index (χ0) is 19.9. The van der Waals surface area contributed by atoms with Crippen molar-refractivity contribution in [3.05, 3.63) is 59.9 Å². The zero-order valence-electron chi connectivity index (χ0n) is 15.3. The normalized spacial score (nSPS) is 14.2. The highest BCUT2D eigenvalue weighted by Crippen LogP contribution is 2.30. The highest BCUT2D eigenvalue weighted by atomic mass is 19.1. The van der Waals surface area contributed by atoms with E-state index in [1.165, 1.54) is 31.2 Å². The van der Waals surface area contributed by atoms with E-state index in [2.05, 4.69) is 5.32 Å². The van der Waals surface area contributed by atoms with Gasteiger partial charge >= 0.3 is 5.97 Å². The summed E-state index contributed by atoms with van der Waals surface area (Å²) < 4.78 is 29.8. The first-order chi connectivity index (χ1) is 13.5. The molecule has 1 aliphatic rings. The Bertz CT molecular complexity index is 896. The van der Waals surface area contributed by atoms with Gasteiger partial charge in [0.05, 0.1) is 18.9 Å². The number of amides is 1. The lowest BCUT2D eigenvalue weighted by molar-refractivity contribution is -0.148. The molecule has 146 valence electrons. The van der Waals surface area contributed by atoms with Crippen molar-refractivity contribution in [3.63, 3.8) is 0 Å². The van der Waals surface area contributed by atoms with Crippen LogP contribution in [-0.2, 0) is 14.3 Å². The van der Waals surface area contributed by atoms with Crippen molar-refractivity contribution in [2.45, 2.75) is 19.4 Å². The molecule has 0 saturated carbocycles. The van der Waals surface area contributed by atoms with Gasteiger partial charge in [0.1, 0.15) is 5.82 Å². The van der Waals surface area contributed by atoms with Crippen molar-refractivity contribution in [2.24, 2.45) is 0 Å². The fraction of sp³-hybridized carbons (Fsp3) is 0.238. The van der Waals surface area contributed by atoms with Crippen molar-refractivity contribution in [2.75, 3.05) is 18.5 Å². The monoisotopic (exact) mass is 385 g/mol. The van der Waals surface area contributed by atoms with Gasteiger partial charge in [-0.2, -0.15) is 0 Å². The molecule has 0 aromatic heterocycles. The van der Waals surface area contributed by atoms with Crippen LogP contribution in [0.15, 0.2) is 48.5 Å². The molecule has 0 unspecified atom stereocenters. The third-order valence-electron chi connectivity index (χ3n) is 3.98. The SMILES string of the molecule is C[C@@H](OC(=O)/C=C/c1ccc2c(c1)OCCCO2)C(=O)Nc1ccccc1F. The van der Waals surface area contributed by atoms with E-state index < -0.39 is 23.8 Å². The molecule has 0 fully saturated rings. The van der Waals surface area contributed by atoms with E-state index in [0.29, 0.717) is 24.7 Å². The van der Waals surface area contributed by atoms with Crippen LogP contribution in [0.4, 0.5) is 10.1 Å². The molecule has 2 aromatic carbocycles. The van der Waals surface area contributed by atoms with Gasteiger partial charge in [0, 0.05) is 12.5 Å². The standard InChI is InChI=1S/C21H20FNO5/c1-14(21(25)23-17-6-3-2-5-16(17)22)28-20(24)10-8-15-7-9-18-19(13-15)27-12-4-11-26-18/h2-3,5-10,13-14H,4,11-12H2,1H3,(H,23,25)/b10-8+/t14-/m1/s1. The Labute approximate surface area is 161 Å². The summed E-state index contributed by atoms with van der Waals surface area (Å²) in [5.41, 5.74) is 0.753. The van der Waals surface area contributed by atoms with Crippen LogP contribution in [0.25, 0.3) is 6.08 Å². The molecule has 1 heterocycles. The summed E-state index contributed by atoms with van der Waals surface area (Å²) in [5.74, 6) is -0.601. The van der Waals surface area contributed by atoms with Crippen LogP contribution in [0.2, 0.25) is 0 Å². The number of halogens is 1. The quantitative estimate of drug-likeness (QED) is 0.629. The van der Waals surface area contributed by atoms with Gasteiger partial charge in [-0.1, -0.05) is 18.2 Å². The summed E-state index contributed by atoms with van der Waals surface area (Å²) in [4.78, 5) is 24.0. The molecule has 0 bridgehead atoms. The number of carbonyl (C=O) groups excluding carboxylic acids is 2. The lowest BCUT2D eigenvalue weighted by Gasteiger charge is -2.12. The highest BCUT2D eigenvalue weighted by Gasteiger charge is 2.18. The van der Waals surface area contributed by atoms with E-state index in [4.69, 9.17) is 14.2 Å². The summed E-state index contributed by atoms with van der Waals surface area (Å²) in [5, 5.41) is 2.38. The third-order valence-corrected chi connectivity index (χ3v) is 3.98. The molecule has 1 atom stereocenters. The molecule has 2 aromatic rings. The van der Waals surface area contributed by atoms with Crippen molar-refractivity contribution >= 4 is 23.6 Å². The number of nitrogens with one attached hydrogen (secondary N) is 1. The van der Waals surface area contributed by atoms with E-state index in [-0.39, 0.29) is 5.69 Å². The van der Waals surface area contributed by atoms with Crippen LogP contribution in [0.5, 0.6) is 11.5 Å². The smallest absolute Gasteiger partial charge is 0.331 e. The molecule has 0 aliphatic carbocycles. The van der Waals surface area contributed by atoms with Gasteiger partial charge in [-0.05, 0) is 42.8 Å².